The molecule has 0 bridgehead atoms. The number of carbonyl (C=O) groups excluding carboxylic acids is 4. The van der Waals surface area contributed by atoms with E-state index < -0.39 is 35.0 Å². The predicted molar refractivity (Wildman–Crippen MR) is 113 cm³/mol. The largest absolute Gasteiger partial charge is 0.330 e. The standard InChI is InChI=1S/C21H32N4O4/c1-12(2)16(26)22-20(9,23-17(27)13(3)4)11-21(10,24-18(28)14(5)6)25-19(29)15(7)8/h1,3,5,7,11H2,2,4,6,8-10H3,(H,22,26)(H,23,27)(H,24,28)(H,25,29). The van der Waals surface area contributed by atoms with Crippen molar-refractivity contribution in [1.82, 2.24) is 21.3 Å². The van der Waals surface area contributed by atoms with Gasteiger partial charge in [-0.05, 0) is 41.5 Å². The topological polar surface area (TPSA) is 116 Å². The minimum atomic E-state index is -1.37. The molecule has 0 heterocycles. The van der Waals surface area contributed by atoms with E-state index in [9.17, 15) is 19.2 Å². The van der Waals surface area contributed by atoms with Crippen molar-refractivity contribution in [3.05, 3.63) is 48.6 Å². The van der Waals surface area contributed by atoms with Crippen LogP contribution in [0, 0.1) is 0 Å². The highest BCUT2D eigenvalue weighted by Gasteiger charge is 2.40. The molecular weight excluding hydrogens is 372 g/mol. The van der Waals surface area contributed by atoms with Crippen molar-refractivity contribution < 1.29 is 19.2 Å². The monoisotopic (exact) mass is 404 g/mol. The maximum absolute atomic E-state index is 12.3. The van der Waals surface area contributed by atoms with Crippen LogP contribution in [0.15, 0.2) is 48.6 Å². The van der Waals surface area contributed by atoms with Crippen LogP contribution in [0.3, 0.4) is 0 Å². The van der Waals surface area contributed by atoms with Crippen LogP contribution < -0.4 is 21.3 Å². The van der Waals surface area contributed by atoms with Gasteiger partial charge < -0.3 is 21.3 Å². The van der Waals surface area contributed by atoms with Crippen LogP contribution in [0.25, 0.3) is 0 Å². The van der Waals surface area contributed by atoms with Crippen LogP contribution in [0.1, 0.15) is 48.0 Å². The first-order valence-corrected chi connectivity index (χ1v) is 8.94. The molecule has 29 heavy (non-hydrogen) atoms. The Labute approximate surface area is 172 Å². The summed E-state index contributed by atoms with van der Waals surface area (Å²) in [5.74, 6) is -2.02. The fraction of sp³-hybridized carbons (Fsp3) is 0.429. The highest BCUT2D eigenvalue weighted by atomic mass is 16.2. The van der Waals surface area contributed by atoms with Gasteiger partial charge in [0.2, 0.25) is 23.6 Å². The maximum Gasteiger partial charge on any atom is 0.248 e. The zero-order valence-electron chi connectivity index (χ0n) is 18.2. The van der Waals surface area contributed by atoms with Gasteiger partial charge in [-0.15, -0.1) is 0 Å². The van der Waals surface area contributed by atoms with E-state index in [1.165, 1.54) is 27.7 Å². The van der Waals surface area contributed by atoms with Crippen LogP contribution in [0.2, 0.25) is 0 Å². The average molecular weight is 405 g/mol. The van der Waals surface area contributed by atoms with Crippen LogP contribution in [-0.2, 0) is 19.2 Å². The summed E-state index contributed by atoms with van der Waals surface area (Å²) in [5, 5.41) is 10.7. The number of amides is 4. The van der Waals surface area contributed by atoms with E-state index in [4.69, 9.17) is 0 Å². The number of carbonyl (C=O) groups is 4. The summed E-state index contributed by atoms with van der Waals surface area (Å²) >= 11 is 0. The van der Waals surface area contributed by atoms with E-state index in [0.29, 0.717) is 0 Å². The zero-order chi connectivity index (χ0) is 23.2. The van der Waals surface area contributed by atoms with E-state index in [-0.39, 0.29) is 28.7 Å². The molecule has 8 nitrogen and oxygen atoms in total. The molecule has 8 heteroatoms. The fourth-order valence-corrected chi connectivity index (χ4v) is 2.38. The summed E-state index contributed by atoms with van der Waals surface area (Å²) in [6, 6.07) is 0. The molecule has 0 aromatic rings. The van der Waals surface area contributed by atoms with Gasteiger partial charge in [0, 0.05) is 28.7 Å². The van der Waals surface area contributed by atoms with E-state index in [1.807, 2.05) is 0 Å². The van der Waals surface area contributed by atoms with Gasteiger partial charge in [0.25, 0.3) is 0 Å². The number of hydrogen-bond acceptors (Lipinski definition) is 4. The summed E-state index contributed by atoms with van der Waals surface area (Å²) < 4.78 is 0. The Balaban J connectivity index is 6.09. The van der Waals surface area contributed by atoms with E-state index >= 15 is 0 Å². The highest BCUT2D eigenvalue weighted by Crippen LogP contribution is 2.19. The summed E-state index contributed by atoms with van der Waals surface area (Å²) in [4.78, 5) is 49.1. The molecule has 0 aliphatic rings. The van der Waals surface area contributed by atoms with E-state index in [0.717, 1.165) is 0 Å². The van der Waals surface area contributed by atoms with Gasteiger partial charge in [-0.3, -0.25) is 19.2 Å². The van der Waals surface area contributed by atoms with Crippen molar-refractivity contribution >= 4 is 23.6 Å². The van der Waals surface area contributed by atoms with E-state index in [2.05, 4.69) is 47.6 Å². The molecule has 160 valence electrons. The number of nitrogens with one attached hydrogen (secondary N) is 4. The van der Waals surface area contributed by atoms with Crippen molar-refractivity contribution in [3.8, 4) is 0 Å². The third-order valence-electron chi connectivity index (χ3n) is 3.82. The van der Waals surface area contributed by atoms with Crippen LogP contribution in [-0.4, -0.2) is 35.0 Å². The molecule has 4 amide bonds. The molecule has 0 radical (unpaired) electrons. The molecule has 4 N–H and O–H groups in total. The first kappa shape index (κ1) is 25.8. The van der Waals surface area contributed by atoms with Crippen molar-refractivity contribution in [2.24, 2.45) is 0 Å². The third-order valence-corrected chi connectivity index (χ3v) is 3.82. The molecule has 0 saturated carbocycles. The lowest BCUT2D eigenvalue weighted by atomic mass is 9.95. The Hall–Kier alpha value is -3.16. The predicted octanol–water partition coefficient (Wildman–Crippen LogP) is 1.58. The summed E-state index contributed by atoms with van der Waals surface area (Å²) in [5.41, 5.74) is -1.85. The first-order valence-electron chi connectivity index (χ1n) is 8.94. The second-order valence-corrected chi connectivity index (χ2v) is 7.78. The van der Waals surface area contributed by atoms with Crippen molar-refractivity contribution in [2.45, 2.75) is 59.3 Å². The van der Waals surface area contributed by atoms with Gasteiger partial charge >= 0.3 is 0 Å². The average Bonchev–Trinajstić information content (AvgIpc) is 2.52. The third kappa shape index (κ3) is 8.59. The van der Waals surface area contributed by atoms with Crippen LogP contribution in [0.4, 0.5) is 0 Å². The van der Waals surface area contributed by atoms with Crippen molar-refractivity contribution in [2.75, 3.05) is 0 Å². The first-order chi connectivity index (χ1) is 13.0. The zero-order valence-corrected chi connectivity index (χ0v) is 18.2. The Morgan fingerprint density at radius 3 is 0.862 bits per heavy atom. The van der Waals surface area contributed by atoms with Gasteiger partial charge in [0.15, 0.2) is 0 Å². The summed E-state index contributed by atoms with van der Waals surface area (Å²) in [6.45, 7) is 23.5. The molecule has 0 aromatic heterocycles. The smallest absolute Gasteiger partial charge is 0.248 e. The molecule has 0 rings (SSSR count). The van der Waals surface area contributed by atoms with Crippen LogP contribution >= 0.6 is 0 Å². The molecule has 0 aliphatic heterocycles. The molecular formula is C21H32N4O4. The van der Waals surface area contributed by atoms with Gasteiger partial charge in [-0.2, -0.15) is 0 Å². The minimum absolute atomic E-state index is 0.101. The molecule has 0 aromatic carbocycles. The fourth-order valence-electron chi connectivity index (χ4n) is 2.38. The summed E-state index contributed by atoms with van der Waals surface area (Å²) in [6.07, 6.45) is -0.101. The SMILES string of the molecule is C=C(C)C(=O)NC(C)(CC(C)(NC(=O)C(=C)C)NC(=O)C(=C)C)NC(=O)C(=C)C. The van der Waals surface area contributed by atoms with Gasteiger partial charge in [-0.25, -0.2) is 0 Å². The molecule has 0 aliphatic carbocycles. The van der Waals surface area contributed by atoms with Gasteiger partial charge in [0.1, 0.15) is 11.3 Å². The highest BCUT2D eigenvalue weighted by molar-refractivity contribution is 5.96. The van der Waals surface area contributed by atoms with E-state index in [1.54, 1.807) is 13.8 Å². The molecule has 0 fully saturated rings. The lowest BCUT2D eigenvalue weighted by molar-refractivity contribution is -0.124. The van der Waals surface area contributed by atoms with Gasteiger partial charge in [-0.1, -0.05) is 26.3 Å². The van der Waals surface area contributed by atoms with Crippen molar-refractivity contribution in [1.29, 1.82) is 0 Å². The Bertz CT molecular complexity index is 660. The Morgan fingerprint density at radius 1 is 0.552 bits per heavy atom. The Kier molecular flexibility index (Phi) is 8.79. The Morgan fingerprint density at radius 2 is 0.724 bits per heavy atom. The summed E-state index contributed by atoms with van der Waals surface area (Å²) in [7, 11) is 0. The number of hydrogen-bond donors (Lipinski definition) is 4. The lowest BCUT2D eigenvalue weighted by Gasteiger charge is -2.41. The normalized spacial score (nSPS) is 11.0. The second kappa shape index (κ2) is 9.86. The second-order valence-electron chi connectivity index (χ2n) is 7.78. The molecule has 0 saturated heterocycles. The number of rotatable bonds is 10. The molecule has 0 atom stereocenters. The molecule has 0 unspecified atom stereocenters. The van der Waals surface area contributed by atoms with Gasteiger partial charge in [0.05, 0.1) is 0 Å². The maximum atomic E-state index is 12.3. The minimum Gasteiger partial charge on any atom is -0.330 e. The van der Waals surface area contributed by atoms with Crippen molar-refractivity contribution in [3.63, 3.8) is 0 Å². The lowest BCUT2D eigenvalue weighted by Crippen LogP contribution is -2.68. The quantitative estimate of drug-likeness (QED) is 0.327. The van der Waals surface area contributed by atoms with Crippen LogP contribution in [0.5, 0.6) is 0 Å². The molecule has 0 spiro atoms.